The van der Waals surface area contributed by atoms with Gasteiger partial charge in [0.05, 0.1) is 11.0 Å². The van der Waals surface area contributed by atoms with E-state index in [2.05, 4.69) is 218 Å². The molecular formula is C50H40N2. The van der Waals surface area contributed by atoms with Gasteiger partial charge in [-0.05, 0) is 93.2 Å². The van der Waals surface area contributed by atoms with Gasteiger partial charge < -0.3 is 9.47 Å². The van der Waals surface area contributed by atoms with Gasteiger partial charge in [0.1, 0.15) is 0 Å². The van der Waals surface area contributed by atoms with Crippen molar-refractivity contribution in [1.82, 2.24) is 4.57 Å². The zero-order valence-corrected chi connectivity index (χ0v) is 29.8. The molecule has 1 aromatic heterocycles. The van der Waals surface area contributed by atoms with Crippen LogP contribution in [0.2, 0.25) is 0 Å². The van der Waals surface area contributed by atoms with Crippen LogP contribution >= 0.6 is 0 Å². The largest absolute Gasteiger partial charge is 0.311 e. The number of nitrogens with zero attached hydrogens (tertiary/aromatic N) is 2. The fourth-order valence-corrected chi connectivity index (χ4v) is 7.60. The van der Waals surface area contributed by atoms with Crippen molar-refractivity contribution in [2.24, 2.45) is 0 Å². The molecule has 0 spiro atoms. The molecule has 0 saturated carbocycles. The Morgan fingerprint density at radius 1 is 0.385 bits per heavy atom. The second-order valence-electron chi connectivity index (χ2n) is 14.7. The molecule has 1 heterocycles. The molecular weight excluding hydrogens is 629 g/mol. The van der Waals surface area contributed by atoms with Crippen molar-refractivity contribution in [3.8, 4) is 27.9 Å². The quantitative estimate of drug-likeness (QED) is 0.171. The predicted octanol–water partition coefficient (Wildman–Crippen LogP) is 14.0. The number of hydrogen-bond donors (Lipinski definition) is 0. The first kappa shape index (κ1) is 31.6. The van der Waals surface area contributed by atoms with Crippen molar-refractivity contribution in [3.05, 3.63) is 194 Å². The Hall–Kier alpha value is -6.38. The lowest BCUT2D eigenvalue weighted by atomic mass is 9.87. The van der Waals surface area contributed by atoms with Crippen molar-refractivity contribution in [1.29, 1.82) is 0 Å². The SMILES string of the molecule is CC(C)(C)c1ccc(N(c2ccc(-c3ccccc3)cc2)c2ccc(-c3ccc(-n4c5ccccc5c5ccc6ccccc6c54)cc3)cc2)cc1. The molecule has 0 aliphatic carbocycles. The molecule has 9 aromatic rings. The Morgan fingerprint density at radius 3 is 1.46 bits per heavy atom. The van der Waals surface area contributed by atoms with E-state index in [0.29, 0.717) is 0 Å². The summed E-state index contributed by atoms with van der Waals surface area (Å²) in [6.45, 7) is 6.79. The Kier molecular flexibility index (Phi) is 7.74. The lowest BCUT2D eigenvalue weighted by molar-refractivity contribution is 0.590. The zero-order chi connectivity index (χ0) is 35.2. The topological polar surface area (TPSA) is 8.17 Å². The van der Waals surface area contributed by atoms with Gasteiger partial charge in [0, 0.05) is 38.9 Å². The number of para-hydroxylation sites is 1. The third-order valence-electron chi connectivity index (χ3n) is 10.4. The summed E-state index contributed by atoms with van der Waals surface area (Å²) in [5.74, 6) is 0. The Bertz CT molecular complexity index is 2660. The van der Waals surface area contributed by atoms with Gasteiger partial charge in [0.15, 0.2) is 0 Å². The maximum atomic E-state index is 2.42. The maximum Gasteiger partial charge on any atom is 0.0619 e. The van der Waals surface area contributed by atoms with Crippen LogP contribution < -0.4 is 4.90 Å². The number of hydrogen-bond acceptors (Lipinski definition) is 1. The first-order valence-electron chi connectivity index (χ1n) is 18.1. The molecule has 0 aliphatic rings. The van der Waals surface area contributed by atoms with Crippen LogP contribution in [0.5, 0.6) is 0 Å². The summed E-state index contributed by atoms with van der Waals surface area (Å²) in [6.07, 6.45) is 0. The minimum atomic E-state index is 0.0905. The Morgan fingerprint density at radius 2 is 0.865 bits per heavy atom. The summed E-state index contributed by atoms with van der Waals surface area (Å²) in [7, 11) is 0. The van der Waals surface area contributed by atoms with E-state index >= 15 is 0 Å². The molecule has 0 N–H and O–H groups in total. The highest BCUT2D eigenvalue weighted by Gasteiger charge is 2.18. The molecule has 250 valence electrons. The van der Waals surface area contributed by atoms with Crippen molar-refractivity contribution in [2.75, 3.05) is 4.90 Å². The molecule has 52 heavy (non-hydrogen) atoms. The molecule has 0 unspecified atom stereocenters. The van der Waals surface area contributed by atoms with Gasteiger partial charge >= 0.3 is 0 Å². The fourth-order valence-electron chi connectivity index (χ4n) is 7.60. The maximum absolute atomic E-state index is 2.42. The van der Waals surface area contributed by atoms with E-state index in [9.17, 15) is 0 Å². The molecule has 2 nitrogen and oxygen atoms in total. The second-order valence-corrected chi connectivity index (χ2v) is 14.7. The summed E-state index contributed by atoms with van der Waals surface area (Å²) in [5.41, 5.74) is 13.2. The van der Waals surface area contributed by atoms with Gasteiger partial charge in [-0.2, -0.15) is 0 Å². The van der Waals surface area contributed by atoms with E-state index < -0.39 is 0 Å². The van der Waals surface area contributed by atoms with Gasteiger partial charge in [-0.1, -0.05) is 154 Å². The number of fused-ring (bicyclic) bond motifs is 5. The van der Waals surface area contributed by atoms with Crippen LogP contribution in [-0.4, -0.2) is 4.57 Å². The van der Waals surface area contributed by atoms with Gasteiger partial charge in [0.2, 0.25) is 0 Å². The normalized spacial score (nSPS) is 11.8. The molecule has 0 amide bonds. The summed E-state index contributed by atoms with van der Waals surface area (Å²) in [4.78, 5) is 2.35. The first-order chi connectivity index (χ1) is 25.4. The van der Waals surface area contributed by atoms with Crippen molar-refractivity contribution < 1.29 is 0 Å². The molecule has 9 rings (SSSR count). The Labute approximate surface area is 305 Å². The van der Waals surface area contributed by atoms with Crippen LogP contribution in [0.25, 0.3) is 60.5 Å². The monoisotopic (exact) mass is 668 g/mol. The third-order valence-corrected chi connectivity index (χ3v) is 10.4. The number of rotatable bonds is 6. The van der Waals surface area contributed by atoms with E-state index in [4.69, 9.17) is 0 Å². The summed E-state index contributed by atoms with van der Waals surface area (Å²) in [5, 5.41) is 5.07. The molecule has 2 heteroatoms. The summed E-state index contributed by atoms with van der Waals surface area (Å²) >= 11 is 0. The average molecular weight is 669 g/mol. The van der Waals surface area contributed by atoms with Crippen LogP contribution in [0.4, 0.5) is 17.1 Å². The molecule has 0 fully saturated rings. The van der Waals surface area contributed by atoms with Crippen LogP contribution in [0.3, 0.4) is 0 Å². The van der Waals surface area contributed by atoms with Crippen molar-refractivity contribution >= 4 is 49.6 Å². The van der Waals surface area contributed by atoms with Crippen LogP contribution in [0.1, 0.15) is 26.3 Å². The molecule has 0 atom stereocenters. The van der Waals surface area contributed by atoms with E-state index in [1.165, 1.54) is 60.4 Å². The van der Waals surface area contributed by atoms with Crippen molar-refractivity contribution in [2.45, 2.75) is 26.2 Å². The molecule has 8 aromatic carbocycles. The Balaban J connectivity index is 1.08. The zero-order valence-electron chi connectivity index (χ0n) is 29.8. The minimum Gasteiger partial charge on any atom is -0.311 e. The number of anilines is 3. The highest BCUT2D eigenvalue weighted by Crippen LogP contribution is 2.39. The summed E-state index contributed by atoms with van der Waals surface area (Å²) < 4.78 is 2.42. The lowest BCUT2D eigenvalue weighted by Gasteiger charge is -2.27. The van der Waals surface area contributed by atoms with E-state index in [1.807, 2.05) is 0 Å². The number of aromatic nitrogens is 1. The van der Waals surface area contributed by atoms with E-state index in [-0.39, 0.29) is 5.41 Å². The second kappa shape index (κ2) is 12.7. The molecule has 0 aliphatic heterocycles. The first-order valence-corrected chi connectivity index (χ1v) is 18.1. The van der Waals surface area contributed by atoms with Gasteiger partial charge in [-0.25, -0.2) is 0 Å². The van der Waals surface area contributed by atoms with Crippen molar-refractivity contribution in [3.63, 3.8) is 0 Å². The van der Waals surface area contributed by atoms with Gasteiger partial charge in [0.25, 0.3) is 0 Å². The van der Waals surface area contributed by atoms with Crippen LogP contribution in [0, 0.1) is 0 Å². The van der Waals surface area contributed by atoms with E-state index in [0.717, 1.165) is 22.7 Å². The third kappa shape index (κ3) is 5.63. The predicted molar refractivity (Wildman–Crippen MR) is 223 cm³/mol. The summed E-state index contributed by atoms with van der Waals surface area (Å²) in [6, 6.07) is 68.4. The minimum absolute atomic E-state index is 0.0905. The highest BCUT2D eigenvalue weighted by atomic mass is 15.1. The standard InChI is InChI=1S/C50H40N2/c1-50(2,3)40-24-32-43(33-25-40)51(41-26-17-36(18-27-41)35-11-5-4-6-12-35)42-28-19-37(20-29-42)38-21-30-44(31-22-38)52-48-16-10-9-15-46(48)47-34-23-39-13-7-8-14-45(39)49(47)52/h4-34H,1-3H3. The van der Waals surface area contributed by atoms with Crippen LogP contribution in [0.15, 0.2) is 188 Å². The number of benzene rings is 8. The van der Waals surface area contributed by atoms with Gasteiger partial charge in [-0.3, -0.25) is 0 Å². The fraction of sp³-hybridized carbons (Fsp3) is 0.0800. The van der Waals surface area contributed by atoms with Gasteiger partial charge in [-0.15, -0.1) is 0 Å². The molecule has 0 saturated heterocycles. The van der Waals surface area contributed by atoms with Crippen LogP contribution in [-0.2, 0) is 5.41 Å². The highest BCUT2D eigenvalue weighted by molar-refractivity contribution is 6.18. The molecule has 0 radical (unpaired) electrons. The van der Waals surface area contributed by atoms with E-state index in [1.54, 1.807) is 0 Å². The smallest absolute Gasteiger partial charge is 0.0619 e. The molecule has 0 bridgehead atoms. The lowest BCUT2D eigenvalue weighted by Crippen LogP contribution is -2.13. The average Bonchev–Trinajstić information content (AvgIpc) is 3.54.